The number of hydrogen-bond acceptors (Lipinski definition) is 2. The van der Waals surface area contributed by atoms with Crippen molar-refractivity contribution < 1.29 is 5.11 Å². The molecule has 0 saturated carbocycles. The smallest absolute Gasteiger partial charge is 0.0629 e. The van der Waals surface area contributed by atoms with Crippen LogP contribution in [0.4, 0.5) is 0 Å². The summed E-state index contributed by atoms with van der Waals surface area (Å²) in [5.74, 6) is 0. The van der Waals surface area contributed by atoms with Gasteiger partial charge in [-0.15, -0.1) is 0 Å². The van der Waals surface area contributed by atoms with Gasteiger partial charge in [0.1, 0.15) is 0 Å². The molecule has 1 fully saturated rings. The fourth-order valence-corrected chi connectivity index (χ4v) is 2.65. The summed E-state index contributed by atoms with van der Waals surface area (Å²) in [6, 6.07) is 7.88. The molecule has 2 rings (SSSR count). The first-order chi connectivity index (χ1) is 7.83. The molecule has 3 heteroatoms. The van der Waals surface area contributed by atoms with Crippen LogP contribution < -0.4 is 0 Å². The van der Waals surface area contributed by atoms with Gasteiger partial charge >= 0.3 is 0 Å². The molecule has 1 aromatic carbocycles. The zero-order valence-corrected chi connectivity index (χ0v) is 10.2. The first-order valence-electron chi connectivity index (χ1n) is 5.92. The maximum atomic E-state index is 9.56. The lowest BCUT2D eigenvalue weighted by atomic mass is 10.0. The van der Waals surface area contributed by atoms with Crippen LogP contribution in [-0.2, 0) is 0 Å². The third-order valence-electron chi connectivity index (χ3n) is 3.27. The molecule has 0 radical (unpaired) electrons. The van der Waals surface area contributed by atoms with Gasteiger partial charge in [-0.2, -0.15) is 0 Å². The van der Waals surface area contributed by atoms with E-state index in [1.807, 2.05) is 24.3 Å². The van der Waals surface area contributed by atoms with Crippen molar-refractivity contribution in [2.45, 2.75) is 25.3 Å². The minimum absolute atomic E-state index is 0.0639. The van der Waals surface area contributed by atoms with Crippen molar-refractivity contribution >= 4 is 11.6 Å². The summed E-state index contributed by atoms with van der Waals surface area (Å²) in [6.45, 7) is 2.27. The third kappa shape index (κ3) is 2.57. The largest absolute Gasteiger partial charge is 0.394 e. The molecule has 1 N–H and O–H groups in total. The molecule has 1 aliphatic rings. The summed E-state index contributed by atoms with van der Waals surface area (Å²) in [7, 11) is 0. The molecule has 0 amide bonds. The van der Waals surface area contributed by atoms with Crippen molar-refractivity contribution in [3.8, 4) is 0 Å². The molecule has 16 heavy (non-hydrogen) atoms. The summed E-state index contributed by atoms with van der Waals surface area (Å²) >= 11 is 6.18. The topological polar surface area (TPSA) is 23.5 Å². The Morgan fingerprint density at radius 1 is 1.19 bits per heavy atom. The van der Waals surface area contributed by atoms with Crippen molar-refractivity contribution in [1.29, 1.82) is 0 Å². The van der Waals surface area contributed by atoms with E-state index in [9.17, 15) is 5.11 Å². The highest BCUT2D eigenvalue weighted by molar-refractivity contribution is 6.31. The second-order valence-corrected chi connectivity index (χ2v) is 4.72. The van der Waals surface area contributed by atoms with Crippen molar-refractivity contribution in [3.05, 3.63) is 34.9 Å². The average molecular weight is 240 g/mol. The van der Waals surface area contributed by atoms with Gasteiger partial charge in [0.25, 0.3) is 0 Å². The molecule has 0 spiro atoms. The average Bonchev–Trinajstić information content (AvgIpc) is 2.34. The molecule has 1 aromatic rings. The fourth-order valence-electron chi connectivity index (χ4n) is 2.39. The number of rotatable bonds is 3. The van der Waals surface area contributed by atoms with E-state index >= 15 is 0 Å². The molecule has 1 saturated heterocycles. The van der Waals surface area contributed by atoms with E-state index in [-0.39, 0.29) is 12.6 Å². The van der Waals surface area contributed by atoms with E-state index in [0.717, 1.165) is 23.7 Å². The van der Waals surface area contributed by atoms with E-state index in [1.165, 1.54) is 19.3 Å². The lowest BCUT2D eigenvalue weighted by Gasteiger charge is -2.34. The number of aliphatic hydroxyl groups is 1. The maximum absolute atomic E-state index is 9.56. The highest BCUT2D eigenvalue weighted by Crippen LogP contribution is 2.29. The number of benzene rings is 1. The summed E-state index contributed by atoms with van der Waals surface area (Å²) in [6.07, 6.45) is 3.75. The lowest BCUT2D eigenvalue weighted by Crippen LogP contribution is -2.35. The number of nitrogens with zero attached hydrogens (tertiary/aromatic N) is 1. The molecule has 1 atom stereocenters. The lowest BCUT2D eigenvalue weighted by molar-refractivity contribution is 0.104. The summed E-state index contributed by atoms with van der Waals surface area (Å²) < 4.78 is 0. The zero-order valence-electron chi connectivity index (χ0n) is 9.40. The van der Waals surface area contributed by atoms with Crippen molar-refractivity contribution in [2.75, 3.05) is 19.7 Å². The highest BCUT2D eigenvalue weighted by atomic mass is 35.5. The number of likely N-dealkylation sites (tertiary alicyclic amines) is 1. The molecular weight excluding hydrogens is 222 g/mol. The van der Waals surface area contributed by atoms with Crippen molar-refractivity contribution in [2.24, 2.45) is 0 Å². The SMILES string of the molecule is OCC(c1ccccc1Cl)N1CCCCC1. The van der Waals surface area contributed by atoms with Gasteiger partial charge in [0.05, 0.1) is 12.6 Å². The van der Waals surface area contributed by atoms with Crippen LogP contribution in [0.2, 0.25) is 5.02 Å². The maximum Gasteiger partial charge on any atom is 0.0629 e. The zero-order chi connectivity index (χ0) is 11.4. The quantitative estimate of drug-likeness (QED) is 0.877. The van der Waals surface area contributed by atoms with Crippen LogP contribution in [0.3, 0.4) is 0 Å². The highest BCUT2D eigenvalue weighted by Gasteiger charge is 2.22. The van der Waals surface area contributed by atoms with Gasteiger partial charge in [-0.25, -0.2) is 0 Å². The summed E-state index contributed by atoms with van der Waals surface area (Å²) in [4.78, 5) is 2.34. The minimum Gasteiger partial charge on any atom is -0.394 e. The molecule has 0 bridgehead atoms. The second-order valence-electron chi connectivity index (χ2n) is 4.32. The van der Waals surface area contributed by atoms with Crippen LogP contribution in [-0.4, -0.2) is 29.7 Å². The fraction of sp³-hybridized carbons (Fsp3) is 0.538. The third-order valence-corrected chi connectivity index (χ3v) is 3.61. The molecular formula is C13H18ClNO. The molecule has 1 unspecified atom stereocenters. The van der Waals surface area contributed by atoms with Crippen LogP contribution in [0.5, 0.6) is 0 Å². The van der Waals surface area contributed by atoms with Gasteiger partial charge < -0.3 is 5.11 Å². The molecule has 0 aromatic heterocycles. The summed E-state index contributed by atoms with van der Waals surface area (Å²) in [5.41, 5.74) is 1.05. The molecule has 0 aliphatic carbocycles. The minimum atomic E-state index is 0.0639. The Balaban J connectivity index is 2.18. The van der Waals surface area contributed by atoms with Crippen molar-refractivity contribution in [3.63, 3.8) is 0 Å². The van der Waals surface area contributed by atoms with E-state index < -0.39 is 0 Å². The first kappa shape index (κ1) is 11.9. The predicted octanol–water partition coefficient (Wildman–Crippen LogP) is 2.86. The second kappa shape index (κ2) is 5.67. The van der Waals surface area contributed by atoms with Gasteiger partial charge in [-0.1, -0.05) is 36.2 Å². The Bertz CT molecular complexity index is 336. The Morgan fingerprint density at radius 3 is 2.50 bits per heavy atom. The van der Waals surface area contributed by atoms with E-state index in [2.05, 4.69) is 4.90 Å². The van der Waals surface area contributed by atoms with Gasteiger partial charge in [0.2, 0.25) is 0 Å². The van der Waals surface area contributed by atoms with E-state index in [0.29, 0.717) is 0 Å². The van der Waals surface area contributed by atoms with Gasteiger partial charge in [-0.05, 0) is 37.6 Å². The number of piperidine rings is 1. The molecule has 1 heterocycles. The standard InChI is InChI=1S/C13H18ClNO/c14-12-7-3-2-6-11(12)13(10-16)15-8-4-1-5-9-15/h2-3,6-7,13,16H,1,4-5,8-10H2. The van der Waals surface area contributed by atoms with Gasteiger partial charge in [0, 0.05) is 5.02 Å². The van der Waals surface area contributed by atoms with Crippen LogP contribution >= 0.6 is 11.6 Å². The number of aliphatic hydroxyl groups excluding tert-OH is 1. The monoisotopic (exact) mass is 239 g/mol. The Kier molecular flexibility index (Phi) is 4.22. The van der Waals surface area contributed by atoms with E-state index in [4.69, 9.17) is 11.6 Å². The van der Waals surface area contributed by atoms with Gasteiger partial charge in [0.15, 0.2) is 0 Å². The Hall–Kier alpha value is -0.570. The molecule has 88 valence electrons. The van der Waals surface area contributed by atoms with Gasteiger partial charge in [-0.3, -0.25) is 4.90 Å². The van der Waals surface area contributed by atoms with Crippen LogP contribution in [0.25, 0.3) is 0 Å². The van der Waals surface area contributed by atoms with Crippen LogP contribution in [0.15, 0.2) is 24.3 Å². The molecule has 2 nitrogen and oxygen atoms in total. The van der Waals surface area contributed by atoms with E-state index in [1.54, 1.807) is 0 Å². The molecule has 1 aliphatic heterocycles. The van der Waals surface area contributed by atoms with Crippen LogP contribution in [0.1, 0.15) is 30.9 Å². The number of halogens is 1. The normalized spacial score (nSPS) is 19.6. The Morgan fingerprint density at radius 2 is 1.88 bits per heavy atom. The Labute approximate surface area is 102 Å². The number of hydrogen-bond donors (Lipinski definition) is 1. The van der Waals surface area contributed by atoms with Crippen molar-refractivity contribution in [1.82, 2.24) is 4.90 Å². The summed E-state index contributed by atoms with van der Waals surface area (Å²) in [5, 5.41) is 10.3. The first-order valence-corrected chi connectivity index (χ1v) is 6.30. The predicted molar refractivity (Wildman–Crippen MR) is 66.7 cm³/mol. The van der Waals surface area contributed by atoms with Crippen LogP contribution in [0, 0.1) is 0 Å².